The number of hydrazone groups is 1. The zero-order valence-corrected chi connectivity index (χ0v) is 18.2. The topological polar surface area (TPSA) is 161 Å². The molecule has 1 aromatic heterocycles. The van der Waals surface area contributed by atoms with E-state index in [0.29, 0.717) is 11.3 Å². The molecule has 13 heteroatoms. The second-order valence-electron chi connectivity index (χ2n) is 7.31. The van der Waals surface area contributed by atoms with Gasteiger partial charge in [0.2, 0.25) is 0 Å². The largest absolute Gasteiger partial charge is 0.377 e. The SMILES string of the molecule is CN(C)c1cc[n+](C/C(=N\Nc2ccc([N+](=O)[O-])cc2[N+](=O)[O-])c2ccc([N+](=O)[O-])cc2)cc1. The zero-order valence-electron chi connectivity index (χ0n) is 18.2. The number of nitro groups is 3. The highest BCUT2D eigenvalue weighted by molar-refractivity contribution is 6.00. The number of benzene rings is 2. The van der Waals surface area contributed by atoms with Crippen LogP contribution in [0.2, 0.25) is 0 Å². The van der Waals surface area contributed by atoms with Crippen molar-refractivity contribution in [2.24, 2.45) is 5.10 Å². The molecule has 0 spiro atoms. The van der Waals surface area contributed by atoms with Crippen molar-refractivity contribution in [2.45, 2.75) is 6.54 Å². The molecule has 0 aliphatic heterocycles. The molecule has 0 radical (unpaired) electrons. The quantitative estimate of drug-likeness (QED) is 0.217. The van der Waals surface area contributed by atoms with E-state index in [1.54, 1.807) is 0 Å². The van der Waals surface area contributed by atoms with Crippen molar-refractivity contribution < 1.29 is 19.3 Å². The van der Waals surface area contributed by atoms with Gasteiger partial charge in [0.05, 0.1) is 20.8 Å². The Morgan fingerprint density at radius 2 is 1.47 bits per heavy atom. The lowest BCUT2D eigenvalue weighted by Crippen LogP contribution is -2.38. The standard InChI is InChI=1S/C21H20N7O6/c1-24(2)16-9-11-25(12-10-16)14-20(15-3-5-17(6-4-15)26(29)30)23-22-19-8-7-18(27(31)32)13-21(19)28(33)34/h3-13,22H,14H2,1-2H3/q+1/b23-20+. The average molecular weight is 466 g/mol. The number of nitro benzene ring substituents is 3. The van der Waals surface area contributed by atoms with E-state index in [2.05, 4.69) is 10.5 Å². The summed E-state index contributed by atoms with van der Waals surface area (Å²) in [6.07, 6.45) is 3.65. The number of nitrogens with zero attached hydrogens (tertiary/aromatic N) is 6. The summed E-state index contributed by atoms with van der Waals surface area (Å²) in [5.74, 6) is 0. The molecule has 34 heavy (non-hydrogen) atoms. The first-order valence-electron chi connectivity index (χ1n) is 9.82. The van der Waals surface area contributed by atoms with E-state index in [1.807, 2.05) is 48.1 Å². The molecule has 0 bridgehead atoms. The van der Waals surface area contributed by atoms with Gasteiger partial charge in [0.15, 0.2) is 18.9 Å². The summed E-state index contributed by atoms with van der Waals surface area (Å²) < 4.78 is 1.82. The predicted molar refractivity (Wildman–Crippen MR) is 124 cm³/mol. The van der Waals surface area contributed by atoms with Gasteiger partial charge < -0.3 is 4.90 Å². The molecule has 0 aliphatic rings. The number of pyridine rings is 1. The van der Waals surface area contributed by atoms with Gasteiger partial charge in [-0.2, -0.15) is 9.67 Å². The number of hydrogen-bond acceptors (Lipinski definition) is 9. The highest BCUT2D eigenvalue weighted by Gasteiger charge is 2.20. The maximum atomic E-state index is 11.4. The maximum Gasteiger partial charge on any atom is 0.301 e. The molecule has 174 valence electrons. The Morgan fingerprint density at radius 1 is 0.882 bits per heavy atom. The van der Waals surface area contributed by atoms with Crippen molar-refractivity contribution in [1.82, 2.24) is 0 Å². The van der Waals surface area contributed by atoms with E-state index in [1.165, 1.54) is 30.3 Å². The van der Waals surface area contributed by atoms with Crippen LogP contribution in [-0.2, 0) is 6.54 Å². The molecular formula is C21H20N7O6+. The highest BCUT2D eigenvalue weighted by Crippen LogP contribution is 2.29. The summed E-state index contributed by atoms with van der Waals surface area (Å²) in [7, 11) is 3.81. The van der Waals surface area contributed by atoms with Crippen LogP contribution in [0.1, 0.15) is 5.56 Å². The predicted octanol–water partition coefficient (Wildman–Crippen LogP) is 3.28. The Hall–Kier alpha value is -4.94. The third-order valence-corrected chi connectivity index (χ3v) is 4.83. The first-order chi connectivity index (χ1) is 16.2. The Bertz CT molecular complexity index is 1260. The average Bonchev–Trinajstić information content (AvgIpc) is 2.81. The van der Waals surface area contributed by atoms with Crippen LogP contribution in [0.5, 0.6) is 0 Å². The van der Waals surface area contributed by atoms with Gasteiger partial charge in [-0.05, 0) is 18.2 Å². The molecule has 0 fully saturated rings. The molecule has 0 saturated carbocycles. The van der Waals surface area contributed by atoms with E-state index >= 15 is 0 Å². The Balaban J connectivity index is 1.98. The molecule has 0 amide bonds. The van der Waals surface area contributed by atoms with Gasteiger partial charge in [-0.3, -0.25) is 35.8 Å². The first kappa shape index (κ1) is 23.7. The van der Waals surface area contributed by atoms with Crippen molar-refractivity contribution in [3.63, 3.8) is 0 Å². The number of hydrogen-bond donors (Lipinski definition) is 1. The molecule has 1 N–H and O–H groups in total. The second kappa shape index (κ2) is 10.1. The van der Waals surface area contributed by atoms with Crippen LogP contribution in [0.3, 0.4) is 0 Å². The lowest BCUT2D eigenvalue weighted by Gasteiger charge is -2.11. The lowest BCUT2D eigenvalue weighted by molar-refractivity contribution is -0.681. The summed E-state index contributed by atoms with van der Waals surface area (Å²) in [4.78, 5) is 33.3. The van der Waals surface area contributed by atoms with E-state index in [4.69, 9.17) is 0 Å². The number of aromatic nitrogens is 1. The smallest absolute Gasteiger partial charge is 0.301 e. The zero-order chi connectivity index (χ0) is 24.8. The monoisotopic (exact) mass is 466 g/mol. The van der Waals surface area contributed by atoms with Crippen LogP contribution in [-0.4, -0.2) is 34.6 Å². The maximum absolute atomic E-state index is 11.4. The fourth-order valence-electron chi connectivity index (χ4n) is 3.00. The highest BCUT2D eigenvalue weighted by atomic mass is 16.6. The summed E-state index contributed by atoms with van der Waals surface area (Å²) in [6, 6.07) is 12.7. The van der Waals surface area contributed by atoms with Gasteiger partial charge in [0, 0.05) is 55.7 Å². The van der Waals surface area contributed by atoms with Crippen molar-refractivity contribution in [2.75, 3.05) is 24.4 Å². The van der Waals surface area contributed by atoms with Crippen LogP contribution in [0.4, 0.5) is 28.4 Å². The summed E-state index contributed by atoms with van der Waals surface area (Å²) in [5, 5.41) is 37.7. The first-order valence-corrected chi connectivity index (χ1v) is 9.82. The number of rotatable bonds is 9. The molecular weight excluding hydrogens is 446 g/mol. The van der Waals surface area contributed by atoms with E-state index < -0.39 is 26.1 Å². The van der Waals surface area contributed by atoms with Gasteiger partial charge in [0.25, 0.3) is 11.4 Å². The molecule has 2 aromatic carbocycles. The van der Waals surface area contributed by atoms with Crippen LogP contribution in [0.25, 0.3) is 0 Å². The van der Waals surface area contributed by atoms with Gasteiger partial charge >= 0.3 is 5.69 Å². The van der Waals surface area contributed by atoms with Crippen LogP contribution >= 0.6 is 0 Å². The molecule has 3 aromatic rings. The molecule has 13 nitrogen and oxygen atoms in total. The molecule has 0 atom stereocenters. The van der Waals surface area contributed by atoms with E-state index in [-0.39, 0.29) is 17.9 Å². The second-order valence-corrected chi connectivity index (χ2v) is 7.31. The molecule has 0 unspecified atom stereocenters. The van der Waals surface area contributed by atoms with E-state index in [9.17, 15) is 30.3 Å². The molecule has 1 heterocycles. The minimum atomic E-state index is -0.745. The summed E-state index contributed by atoms with van der Waals surface area (Å²) in [5.41, 5.74) is 3.50. The van der Waals surface area contributed by atoms with Crippen molar-refractivity contribution in [3.05, 3.63) is 103 Å². The third-order valence-electron chi connectivity index (χ3n) is 4.83. The van der Waals surface area contributed by atoms with E-state index in [0.717, 1.165) is 17.8 Å². The molecule has 0 saturated heterocycles. The number of anilines is 2. The summed E-state index contributed by atoms with van der Waals surface area (Å²) in [6.45, 7) is 0.235. The third kappa shape index (κ3) is 5.64. The van der Waals surface area contributed by atoms with Crippen LogP contribution in [0.15, 0.2) is 72.1 Å². The van der Waals surface area contributed by atoms with Gasteiger partial charge in [-0.25, -0.2) is 0 Å². The van der Waals surface area contributed by atoms with Crippen LogP contribution in [0, 0.1) is 30.3 Å². The van der Waals surface area contributed by atoms with Gasteiger partial charge in [0.1, 0.15) is 11.4 Å². The van der Waals surface area contributed by atoms with Crippen LogP contribution < -0.4 is 14.9 Å². The Kier molecular flexibility index (Phi) is 7.06. The number of non-ortho nitro benzene ring substituents is 2. The summed E-state index contributed by atoms with van der Waals surface area (Å²) >= 11 is 0. The minimum absolute atomic E-state index is 0.0389. The minimum Gasteiger partial charge on any atom is -0.377 e. The normalized spacial score (nSPS) is 11.1. The van der Waals surface area contributed by atoms with Crippen molar-refractivity contribution in [1.29, 1.82) is 0 Å². The van der Waals surface area contributed by atoms with Gasteiger partial charge in [-0.1, -0.05) is 0 Å². The fourth-order valence-corrected chi connectivity index (χ4v) is 3.00. The number of nitrogens with one attached hydrogen (secondary N) is 1. The fraction of sp³-hybridized carbons (Fsp3) is 0.143. The molecule has 0 aliphatic carbocycles. The van der Waals surface area contributed by atoms with Crippen molar-refractivity contribution >= 4 is 34.1 Å². The van der Waals surface area contributed by atoms with Gasteiger partial charge in [-0.15, -0.1) is 0 Å². The van der Waals surface area contributed by atoms with Crippen molar-refractivity contribution in [3.8, 4) is 0 Å². The molecule has 3 rings (SSSR count). The lowest BCUT2D eigenvalue weighted by atomic mass is 10.1. The Labute approximate surface area is 193 Å². The Morgan fingerprint density at radius 3 is 2.00 bits per heavy atom.